The molecule has 0 heterocycles. The lowest BCUT2D eigenvalue weighted by molar-refractivity contribution is -0.123. The Labute approximate surface area is 161 Å². The molecule has 0 aliphatic heterocycles. The van der Waals surface area contributed by atoms with Gasteiger partial charge in [0, 0.05) is 5.69 Å². The van der Waals surface area contributed by atoms with Crippen molar-refractivity contribution in [2.24, 2.45) is 0 Å². The average Bonchev–Trinajstić information content (AvgIpc) is 2.64. The van der Waals surface area contributed by atoms with Crippen molar-refractivity contribution >= 4 is 40.8 Å². The Morgan fingerprint density at radius 1 is 1.00 bits per heavy atom. The maximum absolute atomic E-state index is 12.1. The van der Waals surface area contributed by atoms with E-state index >= 15 is 0 Å². The van der Waals surface area contributed by atoms with E-state index < -0.39 is 24.2 Å². The van der Waals surface area contributed by atoms with E-state index in [1.54, 1.807) is 24.3 Å². The molecule has 2 N–H and O–H groups in total. The third kappa shape index (κ3) is 6.00. The number of benzene rings is 2. The highest BCUT2D eigenvalue weighted by Gasteiger charge is 2.14. The van der Waals surface area contributed by atoms with Crippen LogP contribution in [0.5, 0.6) is 5.75 Å². The zero-order valence-electron chi connectivity index (χ0n) is 14.9. The highest BCUT2D eigenvalue weighted by Crippen LogP contribution is 2.23. The van der Waals surface area contributed by atoms with Crippen LogP contribution in [0.1, 0.15) is 23.7 Å². The molecule has 0 saturated carbocycles. The van der Waals surface area contributed by atoms with Gasteiger partial charge < -0.3 is 20.1 Å². The Hall–Kier alpha value is -3.06. The zero-order valence-corrected chi connectivity index (χ0v) is 15.6. The minimum Gasteiger partial charge on any atom is -0.494 e. The van der Waals surface area contributed by atoms with Gasteiger partial charge in [-0.2, -0.15) is 0 Å². The summed E-state index contributed by atoms with van der Waals surface area (Å²) >= 11 is 6.02. The largest absolute Gasteiger partial charge is 0.494 e. The standard InChI is InChI=1S/C19H19ClN2O5/c1-3-27-14-7-5-13(6-8-14)21-17(23)11-18(24)22-16-10-12(19(25)26-2)4-9-15(16)20/h4-10H,3,11H2,1-2H3,(H,21,23)(H,22,24). The predicted octanol–water partition coefficient (Wildman–Crippen LogP) is 3.49. The fourth-order valence-corrected chi connectivity index (χ4v) is 2.38. The number of methoxy groups -OCH3 is 1. The molecule has 2 aromatic rings. The van der Waals surface area contributed by atoms with Gasteiger partial charge in [-0.05, 0) is 49.4 Å². The van der Waals surface area contributed by atoms with Gasteiger partial charge in [0.05, 0.1) is 30.0 Å². The van der Waals surface area contributed by atoms with Crippen molar-refractivity contribution < 1.29 is 23.9 Å². The van der Waals surface area contributed by atoms with Crippen molar-refractivity contribution in [2.75, 3.05) is 24.4 Å². The van der Waals surface area contributed by atoms with Gasteiger partial charge in [-0.1, -0.05) is 11.6 Å². The third-order valence-electron chi connectivity index (χ3n) is 3.43. The average molecular weight is 391 g/mol. The number of amides is 2. The Kier molecular flexibility index (Phi) is 7.19. The normalized spacial score (nSPS) is 10.0. The summed E-state index contributed by atoms with van der Waals surface area (Å²) in [6.45, 7) is 2.42. The van der Waals surface area contributed by atoms with Gasteiger partial charge in [0.15, 0.2) is 0 Å². The predicted molar refractivity (Wildman–Crippen MR) is 102 cm³/mol. The number of nitrogens with one attached hydrogen (secondary N) is 2. The van der Waals surface area contributed by atoms with E-state index in [-0.39, 0.29) is 16.3 Å². The molecular weight excluding hydrogens is 372 g/mol. The summed E-state index contributed by atoms with van der Waals surface area (Å²) in [6, 6.07) is 11.1. The number of ether oxygens (including phenoxy) is 2. The molecule has 0 aromatic heterocycles. The van der Waals surface area contributed by atoms with E-state index in [0.29, 0.717) is 18.0 Å². The van der Waals surface area contributed by atoms with Crippen LogP contribution < -0.4 is 15.4 Å². The summed E-state index contributed by atoms with van der Waals surface area (Å²) in [4.78, 5) is 35.7. The smallest absolute Gasteiger partial charge is 0.337 e. The van der Waals surface area contributed by atoms with Gasteiger partial charge in [0.1, 0.15) is 12.2 Å². The van der Waals surface area contributed by atoms with Crippen LogP contribution in [0.2, 0.25) is 5.02 Å². The molecule has 0 aliphatic rings. The molecule has 2 amide bonds. The lowest BCUT2D eigenvalue weighted by Crippen LogP contribution is -2.21. The second-order valence-electron chi connectivity index (χ2n) is 5.42. The first-order valence-electron chi connectivity index (χ1n) is 8.13. The van der Waals surface area contributed by atoms with Crippen molar-refractivity contribution in [3.05, 3.63) is 53.1 Å². The summed E-state index contributed by atoms with van der Waals surface area (Å²) in [6.07, 6.45) is -0.411. The van der Waals surface area contributed by atoms with Crippen LogP contribution in [0.4, 0.5) is 11.4 Å². The number of hydrogen-bond donors (Lipinski definition) is 2. The van der Waals surface area contributed by atoms with E-state index in [0.717, 1.165) is 0 Å². The van der Waals surface area contributed by atoms with Crippen molar-refractivity contribution in [3.8, 4) is 5.75 Å². The first kappa shape index (κ1) is 20.3. The molecule has 0 radical (unpaired) electrons. The quantitative estimate of drug-likeness (QED) is 0.557. The van der Waals surface area contributed by atoms with E-state index in [2.05, 4.69) is 15.4 Å². The van der Waals surface area contributed by atoms with Gasteiger partial charge in [0.2, 0.25) is 11.8 Å². The van der Waals surface area contributed by atoms with Crippen LogP contribution in [-0.2, 0) is 14.3 Å². The van der Waals surface area contributed by atoms with E-state index in [1.165, 1.54) is 25.3 Å². The van der Waals surface area contributed by atoms with Crippen LogP contribution in [0, 0.1) is 0 Å². The van der Waals surface area contributed by atoms with Gasteiger partial charge in [0.25, 0.3) is 0 Å². The molecule has 27 heavy (non-hydrogen) atoms. The van der Waals surface area contributed by atoms with E-state index in [4.69, 9.17) is 16.3 Å². The van der Waals surface area contributed by atoms with Crippen LogP contribution in [0.15, 0.2) is 42.5 Å². The third-order valence-corrected chi connectivity index (χ3v) is 3.76. The summed E-state index contributed by atoms with van der Waals surface area (Å²) in [7, 11) is 1.25. The van der Waals surface area contributed by atoms with Crippen LogP contribution in [0.25, 0.3) is 0 Å². The molecule has 0 unspecified atom stereocenters. The Morgan fingerprint density at radius 3 is 2.30 bits per heavy atom. The Morgan fingerprint density at radius 2 is 1.67 bits per heavy atom. The van der Waals surface area contributed by atoms with Crippen LogP contribution >= 0.6 is 11.6 Å². The molecule has 0 aliphatic carbocycles. The molecule has 0 atom stereocenters. The Balaban J connectivity index is 1.95. The SMILES string of the molecule is CCOc1ccc(NC(=O)CC(=O)Nc2cc(C(=O)OC)ccc2Cl)cc1. The van der Waals surface area contributed by atoms with Gasteiger partial charge in [-0.3, -0.25) is 9.59 Å². The molecule has 142 valence electrons. The molecule has 2 rings (SSSR count). The number of rotatable bonds is 7. The summed E-state index contributed by atoms with van der Waals surface area (Å²) in [5.41, 5.74) is 0.997. The zero-order chi connectivity index (χ0) is 19.8. The minimum absolute atomic E-state index is 0.221. The molecule has 0 saturated heterocycles. The molecule has 8 heteroatoms. The molecule has 0 bridgehead atoms. The van der Waals surface area contributed by atoms with Gasteiger partial charge in [-0.25, -0.2) is 4.79 Å². The fraction of sp³-hybridized carbons (Fsp3) is 0.211. The number of carbonyl (C=O) groups is 3. The Bertz CT molecular complexity index is 836. The lowest BCUT2D eigenvalue weighted by Gasteiger charge is -2.10. The first-order valence-corrected chi connectivity index (χ1v) is 8.51. The topological polar surface area (TPSA) is 93.7 Å². The summed E-state index contributed by atoms with van der Waals surface area (Å²) in [5, 5.41) is 5.37. The van der Waals surface area contributed by atoms with Crippen LogP contribution in [0.3, 0.4) is 0 Å². The number of esters is 1. The van der Waals surface area contributed by atoms with Gasteiger partial charge >= 0.3 is 5.97 Å². The number of hydrogen-bond acceptors (Lipinski definition) is 5. The highest BCUT2D eigenvalue weighted by molar-refractivity contribution is 6.34. The molecule has 2 aromatic carbocycles. The van der Waals surface area contributed by atoms with Crippen molar-refractivity contribution in [2.45, 2.75) is 13.3 Å². The number of halogens is 1. The van der Waals surface area contributed by atoms with Crippen LogP contribution in [-0.4, -0.2) is 31.5 Å². The molecule has 0 fully saturated rings. The summed E-state index contributed by atoms with van der Waals surface area (Å²) in [5.74, 6) is -0.928. The second-order valence-corrected chi connectivity index (χ2v) is 5.82. The lowest BCUT2D eigenvalue weighted by atomic mass is 10.2. The second kappa shape index (κ2) is 9.59. The van der Waals surface area contributed by atoms with Crippen molar-refractivity contribution in [1.82, 2.24) is 0 Å². The maximum Gasteiger partial charge on any atom is 0.337 e. The number of anilines is 2. The highest BCUT2D eigenvalue weighted by atomic mass is 35.5. The maximum atomic E-state index is 12.1. The minimum atomic E-state index is -0.567. The monoisotopic (exact) mass is 390 g/mol. The molecule has 7 nitrogen and oxygen atoms in total. The number of carbonyl (C=O) groups excluding carboxylic acids is 3. The van der Waals surface area contributed by atoms with E-state index in [1.807, 2.05) is 6.92 Å². The molecule has 0 spiro atoms. The van der Waals surface area contributed by atoms with E-state index in [9.17, 15) is 14.4 Å². The first-order chi connectivity index (χ1) is 12.9. The fourth-order valence-electron chi connectivity index (χ4n) is 2.21. The van der Waals surface area contributed by atoms with Gasteiger partial charge in [-0.15, -0.1) is 0 Å². The van der Waals surface area contributed by atoms with Crippen molar-refractivity contribution in [3.63, 3.8) is 0 Å². The summed E-state index contributed by atoms with van der Waals surface area (Å²) < 4.78 is 9.94. The van der Waals surface area contributed by atoms with Crippen molar-refractivity contribution in [1.29, 1.82) is 0 Å². The molecular formula is C19H19ClN2O5.